The molecule has 0 saturated heterocycles. The smallest absolute Gasteiger partial charge is 0.121 e. The molecule has 0 bridgehead atoms. The van der Waals surface area contributed by atoms with Crippen LogP contribution in [-0.4, -0.2) is 60.8 Å². The normalized spacial score (nSPS) is 16.7. The maximum absolute atomic E-state index is 11.3. The first-order chi connectivity index (χ1) is 14.5. The number of nitrogens with zero attached hydrogens (tertiary/aromatic N) is 3. The number of phenolic OH excluding ortho intramolecular Hbond substituents is 1. The Labute approximate surface area is 177 Å². The quantitative estimate of drug-likeness (QED) is 0.373. The van der Waals surface area contributed by atoms with Gasteiger partial charge in [-0.25, -0.2) is 5.01 Å². The van der Waals surface area contributed by atoms with Gasteiger partial charge in [-0.2, -0.15) is 0 Å². The molecule has 7 nitrogen and oxygen atoms in total. The number of aromatic hydroxyl groups is 1. The second-order valence-corrected chi connectivity index (χ2v) is 7.70. The van der Waals surface area contributed by atoms with E-state index in [1.54, 1.807) is 6.07 Å². The van der Waals surface area contributed by atoms with E-state index in [0.717, 1.165) is 43.3 Å². The van der Waals surface area contributed by atoms with Crippen LogP contribution in [0.15, 0.2) is 42.5 Å². The van der Waals surface area contributed by atoms with Crippen LogP contribution in [0.1, 0.15) is 30.0 Å². The number of nitrogens with two attached hydrogens (primary N) is 1. The number of aldehydes is 2. The van der Waals surface area contributed by atoms with Crippen molar-refractivity contribution in [2.75, 3.05) is 44.0 Å². The molecule has 0 amide bonds. The van der Waals surface area contributed by atoms with Gasteiger partial charge >= 0.3 is 0 Å². The van der Waals surface area contributed by atoms with Gasteiger partial charge in [0, 0.05) is 44.7 Å². The van der Waals surface area contributed by atoms with Gasteiger partial charge in [0.2, 0.25) is 0 Å². The summed E-state index contributed by atoms with van der Waals surface area (Å²) in [4.78, 5) is 24.7. The number of nitrogen functional groups attached to an aromatic ring is 1. The van der Waals surface area contributed by atoms with E-state index in [9.17, 15) is 14.7 Å². The van der Waals surface area contributed by atoms with Crippen LogP contribution in [0.3, 0.4) is 0 Å². The highest BCUT2D eigenvalue weighted by Gasteiger charge is 2.31. The molecular formula is C23H30N4O3. The van der Waals surface area contributed by atoms with Gasteiger partial charge in [0.05, 0.1) is 11.7 Å². The third-order valence-electron chi connectivity index (χ3n) is 5.53. The number of phenols is 1. The molecule has 1 heterocycles. The Morgan fingerprint density at radius 3 is 2.50 bits per heavy atom. The van der Waals surface area contributed by atoms with Crippen molar-refractivity contribution < 1.29 is 14.7 Å². The predicted molar refractivity (Wildman–Crippen MR) is 118 cm³/mol. The van der Waals surface area contributed by atoms with Crippen molar-refractivity contribution >= 4 is 23.9 Å². The number of carbonyl (C=O) groups excluding carboxylic acids is 2. The van der Waals surface area contributed by atoms with Crippen LogP contribution in [0.25, 0.3) is 0 Å². The van der Waals surface area contributed by atoms with Crippen LogP contribution >= 0.6 is 0 Å². The van der Waals surface area contributed by atoms with Gasteiger partial charge in [-0.1, -0.05) is 6.07 Å². The average molecular weight is 411 g/mol. The molecule has 7 heteroatoms. The largest absolute Gasteiger partial charge is 0.508 e. The Balaban J connectivity index is 2.07. The van der Waals surface area contributed by atoms with E-state index in [0.29, 0.717) is 31.6 Å². The Kier molecular flexibility index (Phi) is 7.43. The zero-order chi connectivity index (χ0) is 21.5. The Hall–Kier alpha value is -2.90. The maximum Gasteiger partial charge on any atom is 0.121 e. The van der Waals surface area contributed by atoms with Gasteiger partial charge in [-0.05, 0) is 61.0 Å². The van der Waals surface area contributed by atoms with Crippen LogP contribution < -0.4 is 10.7 Å². The van der Waals surface area contributed by atoms with Crippen molar-refractivity contribution in [3.05, 3.63) is 53.6 Å². The highest BCUT2D eigenvalue weighted by atomic mass is 16.3. The van der Waals surface area contributed by atoms with Crippen molar-refractivity contribution in [1.29, 1.82) is 0 Å². The van der Waals surface area contributed by atoms with Crippen molar-refractivity contribution in [3.8, 4) is 5.75 Å². The van der Waals surface area contributed by atoms with Crippen molar-refractivity contribution in [2.45, 2.75) is 25.3 Å². The Morgan fingerprint density at radius 1 is 1.10 bits per heavy atom. The third kappa shape index (κ3) is 5.17. The van der Waals surface area contributed by atoms with Crippen LogP contribution in [0, 0.1) is 0 Å². The molecule has 0 fully saturated rings. The van der Waals surface area contributed by atoms with Gasteiger partial charge in [0.15, 0.2) is 0 Å². The molecule has 1 aliphatic heterocycles. The number of hydrogen-bond donors (Lipinski definition) is 2. The van der Waals surface area contributed by atoms with Crippen LogP contribution in [0.4, 0.5) is 11.4 Å². The average Bonchev–Trinajstić information content (AvgIpc) is 2.90. The second-order valence-electron chi connectivity index (χ2n) is 7.70. The number of likely N-dealkylation sites (N-methyl/N-ethyl adjacent to an activating group) is 1. The first kappa shape index (κ1) is 21.8. The van der Waals surface area contributed by atoms with Gasteiger partial charge in [0.1, 0.15) is 18.3 Å². The van der Waals surface area contributed by atoms with Gasteiger partial charge in [0.25, 0.3) is 0 Å². The van der Waals surface area contributed by atoms with Gasteiger partial charge in [-0.3, -0.25) is 0 Å². The minimum absolute atomic E-state index is 0.0799. The van der Waals surface area contributed by atoms with E-state index < -0.39 is 0 Å². The first-order valence-corrected chi connectivity index (χ1v) is 10.3. The molecule has 1 unspecified atom stereocenters. The minimum Gasteiger partial charge on any atom is -0.508 e. The lowest BCUT2D eigenvalue weighted by atomic mass is 9.98. The number of hydrazine groups is 1. The SMILES string of the molecule is CN1CCc2ccc(O)cc2C(N(CCC=O)N(CCC=O)c2ccc(N)cc2)C1. The van der Waals surface area contributed by atoms with Crippen molar-refractivity contribution in [3.63, 3.8) is 0 Å². The summed E-state index contributed by atoms with van der Waals surface area (Å²) in [7, 11) is 2.08. The predicted octanol–water partition coefficient (Wildman–Crippen LogP) is 2.41. The zero-order valence-electron chi connectivity index (χ0n) is 17.4. The minimum atomic E-state index is -0.0799. The lowest BCUT2D eigenvalue weighted by Crippen LogP contribution is -2.49. The van der Waals surface area contributed by atoms with E-state index >= 15 is 0 Å². The first-order valence-electron chi connectivity index (χ1n) is 10.3. The lowest BCUT2D eigenvalue weighted by molar-refractivity contribution is -0.109. The molecule has 160 valence electrons. The maximum atomic E-state index is 11.3. The molecule has 1 aliphatic rings. The fraction of sp³-hybridized carbons (Fsp3) is 0.391. The summed E-state index contributed by atoms with van der Waals surface area (Å²) < 4.78 is 0. The molecular weight excluding hydrogens is 380 g/mol. The summed E-state index contributed by atoms with van der Waals surface area (Å²) >= 11 is 0. The summed E-state index contributed by atoms with van der Waals surface area (Å²) in [6.45, 7) is 2.63. The molecule has 3 N–H and O–H groups in total. The molecule has 0 aromatic heterocycles. The van der Waals surface area contributed by atoms with Crippen molar-refractivity contribution in [2.24, 2.45) is 0 Å². The number of fused-ring (bicyclic) bond motifs is 1. The summed E-state index contributed by atoms with van der Waals surface area (Å²) in [5.74, 6) is 0.227. The fourth-order valence-electron chi connectivity index (χ4n) is 4.03. The van der Waals surface area contributed by atoms with E-state index in [2.05, 4.69) is 22.0 Å². The Bertz CT molecular complexity index is 856. The highest BCUT2D eigenvalue weighted by Crippen LogP contribution is 2.34. The van der Waals surface area contributed by atoms with Crippen LogP contribution in [-0.2, 0) is 16.0 Å². The van der Waals surface area contributed by atoms with E-state index in [4.69, 9.17) is 5.73 Å². The van der Waals surface area contributed by atoms with Crippen LogP contribution in [0.5, 0.6) is 5.75 Å². The number of hydrogen-bond acceptors (Lipinski definition) is 7. The molecule has 2 aromatic carbocycles. The second kappa shape index (κ2) is 10.2. The van der Waals surface area contributed by atoms with Crippen molar-refractivity contribution in [1.82, 2.24) is 9.91 Å². The lowest BCUT2D eigenvalue weighted by Gasteiger charge is -2.42. The van der Waals surface area contributed by atoms with E-state index in [-0.39, 0.29) is 11.8 Å². The Morgan fingerprint density at radius 2 is 1.80 bits per heavy atom. The number of benzene rings is 2. The number of rotatable bonds is 9. The van der Waals surface area contributed by atoms with E-state index in [1.165, 1.54) is 5.56 Å². The molecule has 0 spiro atoms. The molecule has 0 saturated carbocycles. The molecule has 1 atom stereocenters. The monoisotopic (exact) mass is 410 g/mol. The van der Waals surface area contributed by atoms with Gasteiger partial charge in [-0.15, -0.1) is 0 Å². The molecule has 0 radical (unpaired) electrons. The fourth-order valence-corrected chi connectivity index (χ4v) is 4.03. The molecule has 0 aliphatic carbocycles. The highest BCUT2D eigenvalue weighted by molar-refractivity contribution is 5.56. The summed E-state index contributed by atoms with van der Waals surface area (Å²) in [6.07, 6.45) is 3.43. The van der Waals surface area contributed by atoms with Crippen LogP contribution in [0.2, 0.25) is 0 Å². The third-order valence-corrected chi connectivity index (χ3v) is 5.53. The van der Waals surface area contributed by atoms with Gasteiger partial charge < -0.3 is 30.3 Å². The summed E-state index contributed by atoms with van der Waals surface area (Å²) in [5, 5.41) is 14.4. The van der Waals surface area contributed by atoms with E-state index in [1.807, 2.05) is 36.4 Å². The zero-order valence-corrected chi connectivity index (χ0v) is 17.4. The summed E-state index contributed by atoms with van der Waals surface area (Å²) in [5.41, 5.74) is 9.69. The standard InChI is InChI=1S/C23H30N4O3/c1-25-13-10-18-4-9-21(30)16-22(18)23(17-25)27(12-3-15-29)26(11-2-14-28)20-7-5-19(24)6-8-20/h4-9,14-16,23,30H,2-3,10-13,17,24H2,1H3. The number of carbonyl (C=O) groups is 2. The molecule has 2 aromatic rings. The summed E-state index contributed by atoms with van der Waals surface area (Å²) in [6, 6.07) is 13.0. The number of anilines is 2. The molecule has 30 heavy (non-hydrogen) atoms. The topological polar surface area (TPSA) is 90.1 Å². The molecule has 3 rings (SSSR count).